The van der Waals surface area contributed by atoms with Crippen molar-refractivity contribution in [2.45, 2.75) is 41.0 Å². The van der Waals surface area contributed by atoms with Crippen molar-refractivity contribution in [3.05, 3.63) is 30.1 Å². The van der Waals surface area contributed by atoms with Gasteiger partial charge in [0.15, 0.2) is 0 Å². The second-order valence-electron chi connectivity index (χ2n) is 6.03. The fourth-order valence-corrected chi connectivity index (χ4v) is 1.96. The number of nitrogens with zero attached hydrogens (tertiary/aromatic N) is 1. The average Bonchev–Trinajstić information content (AvgIpc) is 2.24. The molecule has 2 nitrogen and oxygen atoms in total. The van der Waals surface area contributed by atoms with Crippen LogP contribution in [0, 0.1) is 17.3 Å². The lowest BCUT2D eigenvalue weighted by molar-refractivity contribution is -0.131. The van der Waals surface area contributed by atoms with E-state index in [9.17, 15) is 4.79 Å². The quantitative estimate of drug-likeness (QED) is 0.796. The fourth-order valence-electron chi connectivity index (χ4n) is 1.96. The molecule has 0 radical (unpaired) electrons. The zero-order valence-electron chi connectivity index (χ0n) is 11.5. The molecule has 1 heterocycles. The number of ketones is 1. The Labute approximate surface area is 104 Å². The molecule has 1 aromatic rings. The Morgan fingerprint density at radius 3 is 2.41 bits per heavy atom. The van der Waals surface area contributed by atoms with E-state index in [2.05, 4.69) is 18.8 Å². The minimum absolute atomic E-state index is 0.0826. The Hall–Kier alpha value is -1.18. The molecule has 0 aromatic carbocycles. The van der Waals surface area contributed by atoms with Crippen LogP contribution in [0.3, 0.4) is 0 Å². The molecular formula is C15H23NO. The van der Waals surface area contributed by atoms with Gasteiger partial charge >= 0.3 is 0 Å². The molecule has 94 valence electrons. The SMILES string of the molecule is CC(C)[C@H](Cc1cccnc1)C(=O)C(C)(C)C. The van der Waals surface area contributed by atoms with Gasteiger partial charge in [-0.1, -0.05) is 40.7 Å². The summed E-state index contributed by atoms with van der Waals surface area (Å²) in [7, 11) is 0. The first-order valence-electron chi connectivity index (χ1n) is 6.25. The van der Waals surface area contributed by atoms with Gasteiger partial charge in [-0.15, -0.1) is 0 Å². The Bertz CT molecular complexity index is 362. The summed E-state index contributed by atoms with van der Waals surface area (Å²) in [6.45, 7) is 10.2. The van der Waals surface area contributed by atoms with Gasteiger partial charge in [-0.05, 0) is 24.0 Å². The second-order valence-corrected chi connectivity index (χ2v) is 6.03. The first-order chi connectivity index (χ1) is 7.82. The predicted octanol–water partition coefficient (Wildman–Crippen LogP) is 3.51. The number of carbonyl (C=O) groups is 1. The van der Waals surface area contributed by atoms with E-state index < -0.39 is 0 Å². The van der Waals surface area contributed by atoms with Crippen LogP contribution in [0.2, 0.25) is 0 Å². The first kappa shape index (κ1) is 13.9. The van der Waals surface area contributed by atoms with Gasteiger partial charge in [0.2, 0.25) is 0 Å². The summed E-state index contributed by atoms with van der Waals surface area (Å²) in [5.41, 5.74) is 0.876. The number of Topliss-reactive ketones (excluding diaryl/α,β-unsaturated/α-hetero) is 1. The highest BCUT2D eigenvalue weighted by Gasteiger charge is 2.31. The predicted molar refractivity (Wildman–Crippen MR) is 70.7 cm³/mol. The molecule has 1 aromatic heterocycles. The van der Waals surface area contributed by atoms with E-state index in [4.69, 9.17) is 0 Å². The minimum Gasteiger partial charge on any atom is -0.299 e. The largest absolute Gasteiger partial charge is 0.299 e. The number of hydrogen-bond donors (Lipinski definition) is 0. The average molecular weight is 233 g/mol. The molecule has 0 saturated heterocycles. The van der Waals surface area contributed by atoms with Crippen molar-refractivity contribution < 1.29 is 4.79 Å². The molecule has 1 rings (SSSR count). The first-order valence-corrected chi connectivity index (χ1v) is 6.25. The fraction of sp³-hybridized carbons (Fsp3) is 0.600. The Morgan fingerprint density at radius 1 is 1.35 bits per heavy atom. The zero-order valence-corrected chi connectivity index (χ0v) is 11.5. The number of aromatic nitrogens is 1. The van der Waals surface area contributed by atoms with Crippen LogP contribution in [0.15, 0.2) is 24.5 Å². The molecular weight excluding hydrogens is 210 g/mol. The van der Waals surface area contributed by atoms with Crippen LogP contribution in [-0.2, 0) is 11.2 Å². The van der Waals surface area contributed by atoms with Crippen LogP contribution in [0.4, 0.5) is 0 Å². The third-order valence-electron chi connectivity index (χ3n) is 3.06. The van der Waals surface area contributed by atoms with Crippen LogP contribution in [0.1, 0.15) is 40.2 Å². The van der Waals surface area contributed by atoms with Gasteiger partial charge in [0.25, 0.3) is 0 Å². The monoisotopic (exact) mass is 233 g/mol. The van der Waals surface area contributed by atoms with E-state index >= 15 is 0 Å². The van der Waals surface area contributed by atoms with Crippen molar-refractivity contribution >= 4 is 5.78 Å². The normalized spacial score (nSPS) is 13.8. The number of pyridine rings is 1. The molecule has 0 unspecified atom stereocenters. The molecule has 0 fully saturated rings. The highest BCUT2D eigenvalue weighted by Crippen LogP contribution is 2.27. The van der Waals surface area contributed by atoms with Crippen molar-refractivity contribution in [3.8, 4) is 0 Å². The van der Waals surface area contributed by atoms with Gasteiger partial charge in [0.1, 0.15) is 5.78 Å². The molecule has 0 amide bonds. The van der Waals surface area contributed by atoms with Crippen LogP contribution in [-0.4, -0.2) is 10.8 Å². The van der Waals surface area contributed by atoms with Gasteiger partial charge in [-0.2, -0.15) is 0 Å². The van der Waals surface area contributed by atoms with Gasteiger partial charge in [0, 0.05) is 23.7 Å². The second kappa shape index (κ2) is 5.44. The lowest BCUT2D eigenvalue weighted by Gasteiger charge is -2.27. The maximum atomic E-state index is 12.4. The van der Waals surface area contributed by atoms with Crippen LogP contribution < -0.4 is 0 Å². The van der Waals surface area contributed by atoms with Crippen molar-refractivity contribution in [2.75, 3.05) is 0 Å². The Kier molecular flexibility index (Phi) is 4.44. The molecule has 0 aliphatic carbocycles. The lowest BCUT2D eigenvalue weighted by atomic mass is 9.76. The topological polar surface area (TPSA) is 30.0 Å². The van der Waals surface area contributed by atoms with Crippen LogP contribution >= 0.6 is 0 Å². The van der Waals surface area contributed by atoms with Crippen molar-refractivity contribution in [1.29, 1.82) is 0 Å². The number of rotatable bonds is 4. The standard InChI is InChI=1S/C15H23NO/c1-11(2)13(14(17)15(3,4)5)9-12-7-6-8-16-10-12/h6-8,10-11,13H,9H2,1-5H3/t13-/m0/s1. The maximum absolute atomic E-state index is 12.4. The molecule has 0 saturated carbocycles. The molecule has 1 atom stereocenters. The number of hydrogen-bond acceptors (Lipinski definition) is 2. The molecule has 0 spiro atoms. The van der Waals surface area contributed by atoms with Gasteiger partial charge in [-0.3, -0.25) is 9.78 Å². The molecule has 17 heavy (non-hydrogen) atoms. The lowest BCUT2D eigenvalue weighted by Crippen LogP contribution is -2.33. The minimum atomic E-state index is -0.267. The van der Waals surface area contributed by atoms with E-state index in [1.165, 1.54) is 0 Å². The molecule has 0 N–H and O–H groups in total. The summed E-state index contributed by atoms with van der Waals surface area (Å²) in [6, 6.07) is 3.96. The summed E-state index contributed by atoms with van der Waals surface area (Å²) in [5.74, 6) is 0.789. The van der Waals surface area contributed by atoms with E-state index in [1.807, 2.05) is 39.1 Å². The highest BCUT2D eigenvalue weighted by molar-refractivity contribution is 5.86. The van der Waals surface area contributed by atoms with Crippen molar-refractivity contribution in [3.63, 3.8) is 0 Å². The highest BCUT2D eigenvalue weighted by atomic mass is 16.1. The van der Waals surface area contributed by atoms with Gasteiger partial charge in [0.05, 0.1) is 0 Å². The zero-order chi connectivity index (χ0) is 13.1. The molecule has 0 aliphatic heterocycles. The smallest absolute Gasteiger partial charge is 0.141 e. The summed E-state index contributed by atoms with van der Waals surface area (Å²) in [5, 5.41) is 0. The maximum Gasteiger partial charge on any atom is 0.141 e. The van der Waals surface area contributed by atoms with Crippen molar-refractivity contribution in [1.82, 2.24) is 4.98 Å². The van der Waals surface area contributed by atoms with Gasteiger partial charge < -0.3 is 0 Å². The van der Waals surface area contributed by atoms with Crippen LogP contribution in [0.25, 0.3) is 0 Å². The Balaban J connectivity index is 2.85. The van der Waals surface area contributed by atoms with E-state index in [-0.39, 0.29) is 11.3 Å². The van der Waals surface area contributed by atoms with Crippen LogP contribution in [0.5, 0.6) is 0 Å². The molecule has 0 aliphatic rings. The third-order valence-corrected chi connectivity index (χ3v) is 3.06. The molecule has 2 heteroatoms. The van der Waals surface area contributed by atoms with Gasteiger partial charge in [-0.25, -0.2) is 0 Å². The van der Waals surface area contributed by atoms with E-state index in [0.717, 1.165) is 12.0 Å². The summed E-state index contributed by atoms with van der Waals surface area (Å²) >= 11 is 0. The van der Waals surface area contributed by atoms with E-state index in [1.54, 1.807) is 6.20 Å². The summed E-state index contributed by atoms with van der Waals surface area (Å²) < 4.78 is 0. The van der Waals surface area contributed by atoms with E-state index in [0.29, 0.717) is 11.7 Å². The number of carbonyl (C=O) groups excluding carboxylic acids is 1. The summed E-state index contributed by atoms with van der Waals surface area (Å²) in [4.78, 5) is 16.5. The Morgan fingerprint density at radius 2 is 2.00 bits per heavy atom. The van der Waals surface area contributed by atoms with Crippen molar-refractivity contribution in [2.24, 2.45) is 17.3 Å². The molecule has 0 bridgehead atoms. The summed E-state index contributed by atoms with van der Waals surface area (Å²) in [6.07, 6.45) is 4.41. The third kappa shape index (κ3) is 3.95.